The van der Waals surface area contributed by atoms with E-state index in [-0.39, 0.29) is 0 Å². The first-order valence-corrected chi connectivity index (χ1v) is 8.33. The molecule has 0 unspecified atom stereocenters. The highest BCUT2D eigenvalue weighted by Gasteiger charge is 2.29. The van der Waals surface area contributed by atoms with Gasteiger partial charge in [-0.15, -0.1) is 11.6 Å². The summed E-state index contributed by atoms with van der Waals surface area (Å²) in [6.45, 7) is 1.47. The van der Waals surface area contributed by atoms with Gasteiger partial charge in [0.25, 0.3) is 10.2 Å². The fraction of sp³-hybridized carbons (Fsp3) is 0.538. The average Bonchev–Trinajstić information content (AvgIpc) is 2.44. The molecule has 0 fully saturated rings. The lowest BCUT2D eigenvalue weighted by molar-refractivity contribution is 0.344. The summed E-state index contributed by atoms with van der Waals surface area (Å²) in [5.74, 6) is 0.475. The third-order valence-electron chi connectivity index (χ3n) is 3.42. The van der Waals surface area contributed by atoms with Crippen molar-refractivity contribution >= 4 is 21.8 Å². The van der Waals surface area contributed by atoms with Crippen LogP contribution in [0.3, 0.4) is 0 Å². The molecule has 0 spiro atoms. The van der Waals surface area contributed by atoms with Gasteiger partial charge in [0.2, 0.25) is 0 Å². The number of hydrogen-bond donors (Lipinski definition) is 0. The zero-order valence-corrected chi connectivity index (χ0v) is 12.6. The van der Waals surface area contributed by atoms with E-state index in [4.69, 9.17) is 11.6 Å². The van der Waals surface area contributed by atoms with Crippen LogP contribution in [-0.4, -0.2) is 43.0 Å². The van der Waals surface area contributed by atoms with Crippen LogP contribution in [0, 0.1) is 0 Å². The van der Waals surface area contributed by atoms with Gasteiger partial charge in [0.15, 0.2) is 0 Å². The molecule has 0 amide bonds. The number of alkyl halides is 1. The molecule has 0 saturated heterocycles. The molecule has 1 aliphatic rings. The molecule has 1 heterocycles. The molecule has 0 bridgehead atoms. The molecular weight excluding hydrogens is 284 g/mol. The van der Waals surface area contributed by atoms with E-state index in [0.29, 0.717) is 31.9 Å². The Kier molecular flexibility index (Phi) is 4.84. The van der Waals surface area contributed by atoms with Gasteiger partial charge in [-0.1, -0.05) is 24.3 Å². The van der Waals surface area contributed by atoms with E-state index in [1.54, 1.807) is 11.4 Å². The molecule has 0 aliphatic carbocycles. The minimum atomic E-state index is -3.37. The molecule has 0 radical (unpaired) electrons. The Morgan fingerprint density at radius 1 is 1.32 bits per heavy atom. The number of hydrogen-bond acceptors (Lipinski definition) is 2. The quantitative estimate of drug-likeness (QED) is 0.779. The summed E-state index contributed by atoms with van der Waals surface area (Å²) < 4.78 is 27.8. The van der Waals surface area contributed by atoms with E-state index >= 15 is 0 Å². The highest BCUT2D eigenvalue weighted by molar-refractivity contribution is 7.86. The summed E-state index contributed by atoms with van der Waals surface area (Å²) in [4.78, 5) is 0. The first kappa shape index (κ1) is 14.8. The molecular formula is C13H19ClN2O2S. The molecule has 1 aromatic rings. The smallest absolute Gasteiger partial charge is 0.195 e. The highest BCUT2D eigenvalue weighted by Crippen LogP contribution is 2.22. The summed E-state index contributed by atoms with van der Waals surface area (Å²) in [5, 5.41) is 0. The van der Waals surface area contributed by atoms with Crippen LogP contribution in [0.2, 0.25) is 0 Å². The zero-order chi connectivity index (χ0) is 13.9. The number of fused-ring (bicyclic) bond motifs is 1. The largest absolute Gasteiger partial charge is 0.282 e. The van der Waals surface area contributed by atoms with Crippen molar-refractivity contribution in [1.29, 1.82) is 0 Å². The average molecular weight is 303 g/mol. The maximum absolute atomic E-state index is 12.4. The van der Waals surface area contributed by atoms with E-state index in [2.05, 4.69) is 6.07 Å². The first-order valence-electron chi connectivity index (χ1n) is 6.40. The van der Waals surface area contributed by atoms with Gasteiger partial charge in [0.05, 0.1) is 0 Å². The molecule has 0 aromatic heterocycles. The second-order valence-electron chi connectivity index (χ2n) is 4.72. The second kappa shape index (κ2) is 6.22. The Balaban J connectivity index is 2.11. The lowest BCUT2D eigenvalue weighted by Crippen LogP contribution is -2.44. The van der Waals surface area contributed by atoms with E-state index in [1.165, 1.54) is 9.87 Å². The summed E-state index contributed by atoms with van der Waals surface area (Å²) in [5.41, 5.74) is 2.35. The van der Waals surface area contributed by atoms with Crippen molar-refractivity contribution in [2.24, 2.45) is 0 Å². The van der Waals surface area contributed by atoms with E-state index in [0.717, 1.165) is 12.0 Å². The summed E-state index contributed by atoms with van der Waals surface area (Å²) in [6, 6.07) is 8.01. The van der Waals surface area contributed by atoms with Gasteiger partial charge < -0.3 is 0 Å². The van der Waals surface area contributed by atoms with Crippen molar-refractivity contribution < 1.29 is 8.42 Å². The second-order valence-corrected chi connectivity index (χ2v) is 7.14. The van der Waals surface area contributed by atoms with Gasteiger partial charge in [0, 0.05) is 32.6 Å². The minimum absolute atomic E-state index is 0.462. The van der Waals surface area contributed by atoms with Crippen molar-refractivity contribution in [2.45, 2.75) is 19.4 Å². The predicted molar refractivity (Wildman–Crippen MR) is 77.4 cm³/mol. The minimum Gasteiger partial charge on any atom is -0.195 e. The maximum atomic E-state index is 12.4. The van der Waals surface area contributed by atoms with Crippen LogP contribution in [0.4, 0.5) is 0 Å². The van der Waals surface area contributed by atoms with Gasteiger partial charge in [-0.2, -0.15) is 17.0 Å². The third kappa shape index (κ3) is 3.28. The Labute approximate surface area is 120 Å². The molecule has 0 N–H and O–H groups in total. The molecule has 6 heteroatoms. The zero-order valence-electron chi connectivity index (χ0n) is 11.0. The number of rotatable bonds is 5. The fourth-order valence-electron chi connectivity index (χ4n) is 2.26. The number of benzene rings is 1. The molecule has 19 heavy (non-hydrogen) atoms. The van der Waals surface area contributed by atoms with Gasteiger partial charge in [-0.3, -0.25) is 0 Å². The van der Waals surface area contributed by atoms with Crippen LogP contribution in [0.5, 0.6) is 0 Å². The molecule has 0 saturated carbocycles. The van der Waals surface area contributed by atoms with Gasteiger partial charge in [0.1, 0.15) is 0 Å². The topological polar surface area (TPSA) is 40.6 Å². The molecule has 0 atom stereocenters. The van der Waals surface area contributed by atoms with E-state index in [1.807, 2.05) is 18.2 Å². The lowest BCUT2D eigenvalue weighted by atomic mass is 10.0. The predicted octanol–water partition coefficient (Wildman–Crippen LogP) is 1.85. The molecule has 1 aliphatic heterocycles. The molecule has 1 aromatic carbocycles. The lowest BCUT2D eigenvalue weighted by Gasteiger charge is -2.31. The van der Waals surface area contributed by atoms with Gasteiger partial charge >= 0.3 is 0 Å². The SMILES string of the molecule is CN(CCCCl)S(=O)(=O)N1CCc2ccccc2C1. The van der Waals surface area contributed by atoms with Crippen molar-refractivity contribution in [3.63, 3.8) is 0 Å². The Bertz CT molecular complexity index is 533. The van der Waals surface area contributed by atoms with Crippen molar-refractivity contribution in [2.75, 3.05) is 26.0 Å². The number of halogens is 1. The van der Waals surface area contributed by atoms with E-state index in [9.17, 15) is 8.42 Å². The Morgan fingerprint density at radius 2 is 2.00 bits per heavy atom. The van der Waals surface area contributed by atoms with Crippen molar-refractivity contribution in [1.82, 2.24) is 8.61 Å². The molecule has 4 nitrogen and oxygen atoms in total. The van der Waals surface area contributed by atoms with Crippen LogP contribution in [0.15, 0.2) is 24.3 Å². The fourth-order valence-corrected chi connectivity index (χ4v) is 3.76. The van der Waals surface area contributed by atoms with Crippen LogP contribution >= 0.6 is 11.6 Å². The third-order valence-corrected chi connectivity index (χ3v) is 5.62. The van der Waals surface area contributed by atoms with Gasteiger partial charge in [-0.25, -0.2) is 0 Å². The standard InChI is InChI=1S/C13H19ClN2O2S/c1-15(9-4-8-14)19(17,18)16-10-7-12-5-2-3-6-13(12)11-16/h2-3,5-6H,4,7-11H2,1H3. The van der Waals surface area contributed by atoms with Gasteiger partial charge in [-0.05, 0) is 24.0 Å². The highest BCUT2D eigenvalue weighted by atomic mass is 35.5. The van der Waals surface area contributed by atoms with Crippen LogP contribution in [0.25, 0.3) is 0 Å². The Morgan fingerprint density at radius 3 is 2.68 bits per heavy atom. The summed E-state index contributed by atoms with van der Waals surface area (Å²) in [7, 11) is -1.76. The normalized spacial score (nSPS) is 16.6. The van der Waals surface area contributed by atoms with Crippen LogP contribution in [-0.2, 0) is 23.2 Å². The first-order chi connectivity index (χ1) is 9.05. The maximum Gasteiger partial charge on any atom is 0.282 e. The number of nitrogens with zero attached hydrogens (tertiary/aromatic N) is 2. The summed E-state index contributed by atoms with van der Waals surface area (Å²) >= 11 is 5.61. The molecule has 2 rings (SSSR count). The van der Waals surface area contributed by atoms with Crippen LogP contribution < -0.4 is 0 Å². The Hall–Kier alpha value is -0.620. The van der Waals surface area contributed by atoms with Crippen molar-refractivity contribution in [3.05, 3.63) is 35.4 Å². The van der Waals surface area contributed by atoms with Crippen molar-refractivity contribution in [3.8, 4) is 0 Å². The van der Waals surface area contributed by atoms with E-state index < -0.39 is 10.2 Å². The van der Waals surface area contributed by atoms with Crippen LogP contribution in [0.1, 0.15) is 17.5 Å². The summed E-state index contributed by atoms with van der Waals surface area (Å²) in [6.07, 6.45) is 1.44. The molecule has 106 valence electrons. The monoisotopic (exact) mass is 302 g/mol.